The number of ketones is 1. The molecule has 0 heterocycles. The van der Waals surface area contributed by atoms with Crippen LogP contribution in [0.4, 0.5) is 12.7 Å². The van der Waals surface area contributed by atoms with E-state index in [2.05, 4.69) is 6.58 Å². The molecule has 0 bridgehead atoms. The van der Waals surface area contributed by atoms with Gasteiger partial charge in [-0.15, -0.1) is 0 Å². The average molecular weight is 264 g/mol. The first-order valence-corrected chi connectivity index (χ1v) is 5.68. The third-order valence-electron chi connectivity index (χ3n) is 1.98. The quantitative estimate of drug-likeness (QED) is 0.619. The summed E-state index contributed by atoms with van der Waals surface area (Å²) >= 11 is 0. The summed E-state index contributed by atoms with van der Waals surface area (Å²) in [4.78, 5) is 11.1. The molecule has 0 atom stereocenters. The number of hydrogen-bond acceptors (Lipinski definition) is 3. The highest BCUT2D eigenvalue weighted by molar-refractivity contribution is 7.88. The molecule has 0 fully saturated rings. The summed E-state index contributed by atoms with van der Waals surface area (Å²) in [7, 11) is -6.27. The molecular weight excluding hydrogens is 257 g/mol. The van der Waals surface area contributed by atoms with Gasteiger partial charge in [0.15, 0.2) is 0 Å². The minimum absolute atomic E-state index is 0.549. The number of Topliss-reactive ketones (excluding diaryl/α,β-unsaturated/α-hetero) is 1. The monoisotopic (exact) mass is 264 g/mol. The molecule has 0 aromatic heterocycles. The Morgan fingerprint density at radius 2 is 1.71 bits per heavy atom. The lowest BCUT2D eigenvalue weighted by atomic mass is 10.1. The largest absolute Gasteiger partial charge is 0.435 e. The third kappa shape index (κ3) is 2.55. The maximum Gasteiger partial charge on any atom is 0.435 e. The van der Waals surface area contributed by atoms with E-state index in [4.69, 9.17) is 0 Å². The lowest BCUT2D eigenvalue weighted by molar-refractivity contribution is 0.0508. The number of rotatable bonds is 4. The van der Waals surface area contributed by atoms with Crippen molar-refractivity contribution in [2.45, 2.75) is 5.25 Å². The van der Waals surface area contributed by atoms with Gasteiger partial charge in [-0.1, -0.05) is 40.8 Å². The van der Waals surface area contributed by atoms with Crippen molar-refractivity contribution in [1.82, 2.24) is 0 Å². The van der Waals surface area contributed by atoms with Crippen LogP contribution in [0.15, 0.2) is 30.8 Å². The molecule has 7 heteroatoms. The van der Waals surface area contributed by atoms with E-state index in [1.54, 1.807) is 0 Å². The van der Waals surface area contributed by atoms with Crippen LogP contribution in [0.2, 0.25) is 0 Å². The van der Waals surface area contributed by atoms with Crippen molar-refractivity contribution < 1.29 is 25.9 Å². The second-order valence-corrected chi connectivity index (χ2v) is 4.50. The second kappa shape index (κ2) is 4.33. The van der Waals surface area contributed by atoms with Gasteiger partial charge in [0.1, 0.15) is 0 Å². The normalized spacial score (nSPS) is 12.2. The Labute approximate surface area is 95.8 Å². The van der Waals surface area contributed by atoms with E-state index in [1.165, 1.54) is 18.2 Å². The van der Waals surface area contributed by atoms with Gasteiger partial charge in [0.2, 0.25) is 0 Å². The smallest absolute Gasteiger partial charge is 0.286 e. The van der Waals surface area contributed by atoms with Gasteiger partial charge in [0.25, 0.3) is 5.78 Å². The van der Waals surface area contributed by atoms with Crippen LogP contribution in [-0.4, -0.2) is 19.5 Å². The summed E-state index contributed by atoms with van der Waals surface area (Å²) in [6.45, 7) is 3.40. The molecule has 0 radical (unpaired) electrons. The highest BCUT2D eigenvalue weighted by atomic mass is 32.3. The number of carbonyl (C=O) groups excluding carboxylic acids is 1. The van der Waals surface area contributed by atoms with Gasteiger partial charge in [0.05, 0.1) is 0 Å². The summed E-state index contributed by atoms with van der Waals surface area (Å²) in [5, 5.41) is -5.07. The van der Waals surface area contributed by atoms with E-state index in [9.17, 15) is 25.9 Å². The van der Waals surface area contributed by atoms with Gasteiger partial charge in [-0.3, -0.25) is 4.79 Å². The van der Waals surface area contributed by atoms with Crippen LogP contribution in [0, 0.1) is 0 Å². The standard InChI is InChI=1S/C10H7F3O3S/c1-2-7-3-5-8(6-4-7)9(14)10(11,12)17(13,15)16/h2-6H,1H2. The van der Waals surface area contributed by atoms with Crippen LogP contribution in [-0.2, 0) is 10.2 Å². The Kier molecular flexibility index (Phi) is 3.42. The maximum absolute atomic E-state index is 12.9. The van der Waals surface area contributed by atoms with E-state index in [0.717, 1.165) is 12.1 Å². The lowest BCUT2D eigenvalue weighted by Gasteiger charge is -2.10. The fraction of sp³-hybridized carbons (Fsp3) is 0.100. The zero-order chi connectivity index (χ0) is 13.3. The molecule has 0 aliphatic carbocycles. The molecule has 0 saturated carbocycles. The highest BCUT2D eigenvalue weighted by Gasteiger charge is 2.53. The summed E-state index contributed by atoms with van der Waals surface area (Å²) in [6, 6.07) is 4.50. The first-order chi connectivity index (χ1) is 7.70. The molecule has 0 unspecified atom stereocenters. The van der Waals surface area contributed by atoms with Crippen molar-refractivity contribution >= 4 is 22.1 Å². The van der Waals surface area contributed by atoms with E-state index in [-0.39, 0.29) is 0 Å². The molecule has 0 aliphatic rings. The molecule has 1 aromatic carbocycles. The molecule has 3 nitrogen and oxygen atoms in total. The first kappa shape index (κ1) is 13.4. The van der Waals surface area contributed by atoms with Crippen molar-refractivity contribution in [3.63, 3.8) is 0 Å². The first-order valence-electron chi connectivity index (χ1n) is 4.29. The second-order valence-electron chi connectivity index (χ2n) is 3.11. The molecule has 92 valence electrons. The predicted octanol–water partition coefficient (Wildman–Crippen LogP) is 2.40. The molecule has 0 amide bonds. The van der Waals surface area contributed by atoms with Gasteiger partial charge in [-0.25, -0.2) is 0 Å². The number of hydrogen-bond donors (Lipinski definition) is 0. The Morgan fingerprint density at radius 1 is 1.24 bits per heavy atom. The average Bonchev–Trinajstić information content (AvgIpc) is 2.26. The van der Waals surface area contributed by atoms with E-state index in [1.807, 2.05) is 0 Å². The van der Waals surface area contributed by atoms with Crippen molar-refractivity contribution in [3.8, 4) is 0 Å². The Morgan fingerprint density at radius 3 is 2.06 bits per heavy atom. The molecular formula is C10H7F3O3S. The fourth-order valence-corrected chi connectivity index (χ4v) is 1.39. The Balaban J connectivity index is 3.17. The van der Waals surface area contributed by atoms with Gasteiger partial charge in [-0.05, 0) is 5.56 Å². The van der Waals surface area contributed by atoms with E-state index in [0.29, 0.717) is 5.56 Å². The predicted molar refractivity (Wildman–Crippen MR) is 55.8 cm³/mol. The third-order valence-corrected chi connectivity index (χ3v) is 2.78. The molecule has 0 spiro atoms. The number of halogens is 3. The molecule has 0 saturated heterocycles. The number of carbonyl (C=O) groups is 1. The van der Waals surface area contributed by atoms with Crippen LogP contribution >= 0.6 is 0 Å². The van der Waals surface area contributed by atoms with Crippen LogP contribution in [0.1, 0.15) is 15.9 Å². The van der Waals surface area contributed by atoms with Crippen molar-refractivity contribution in [1.29, 1.82) is 0 Å². The van der Waals surface area contributed by atoms with Gasteiger partial charge in [-0.2, -0.15) is 17.2 Å². The van der Waals surface area contributed by atoms with Crippen LogP contribution in [0.3, 0.4) is 0 Å². The van der Waals surface area contributed by atoms with E-state index >= 15 is 0 Å². The van der Waals surface area contributed by atoms with Crippen molar-refractivity contribution in [3.05, 3.63) is 42.0 Å². The van der Waals surface area contributed by atoms with Crippen molar-refractivity contribution in [2.24, 2.45) is 0 Å². The molecule has 0 N–H and O–H groups in total. The van der Waals surface area contributed by atoms with Gasteiger partial charge >= 0.3 is 15.5 Å². The molecule has 17 heavy (non-hydrogen) atoms. The zero-order valence-electron chi connectivity index (χ0n) is 8.36. The Hall–Kier alpha value is -1.63. The maximum atomic E-state index is 12.9. The minimum atomic E-state index is -6.27. The minimum Gasteiger partial charge on any atom is -0.286 e. The topological polar surface area (TPSA) is 51.2 Å². The zero-order valence-corrected chi connectivity index (χ0v) is 9.18. The fourth-order valence-electron chi connectivity index (χ4n) is 1.05. The Bertz CT molecular complexity index is 547. The van der Waals surface area contributed by atoms with Gasteiger partial charge in [0, 0.05) is 5.56 Å². The summed E-state index contributed by atoms with van der Waals surface area (Å²) in [5.74, 6) is -2.10. The van der Waals surface area contributed by atoms with Crippen LogP contribution < -0.4 is 0 Å². The van der Waals surface area contributed by atoms with Crippen molar-refractivity contribution in [2.75, 3.05) is 0 Å². The summed E-state index contributed by atoms with van der Waals surface area (Å²) < 4.78 is 58.2. The summed E-state index contributed by atoms with van der Waals surface area (Å²) in [6.07, 6.45) is 1.40. The molecule has 1 rings (SSSR count). The lowest BCUT2D eigenvalue weighted by Crippen LogP contribution is -2.35. The number of benzene rings is 1. The molecule has 0 aliphatic heterocycles. The summed E-state index contributed by atoms with van der Waals surface area (Å²) in [5.41, 5.74) is -0.0465. The van der Waals surface area contributed by atoms with E-state index < -0.39 is 26.8 Å². The van der Waals surface area contributed by atoms with Crippen LogP contribution in [0.25, 0.3) is 6.08 Å². The SMILES string of the molecule is C=Cc1ccc(C(=O)C(F)(F)S(=O)(=O)F)cc1. The van der Waals surface area contributed by atoms with Crippen LogP contribution in [0.5, 0.6) is 0 Å². The highest BCUT2D eigenvalue weighted by Crippen LogP contribution is 2.28. The van der Waals surface area contributed by atoms with Gasteiger partial charge < -0.3 is 0 Å². The molecule has 1 aromatic rings. The number of alkyl halides is 2.